The third-order valence-corrected chi connectivity index (χ3v) is 4.82. The number of carbonyl (C=O) groups excluding carboxylic acids is 1. The van der Waals surface area contributed by atoms with Gasteiger partial charge in [-0.15, -0.1) is 0 Å². The summed E-state index contributed by atoms with van der Waals surface area (Å²) in [5.74, 6) is 2.09. The normalized spacial score (nSPS) is 25.4. The molecular weight excluding hydrogens is 276 g/mol. The van der Waals surface area contributed by atoms with E-state index in [0.717, 1.165) is 30.8 Å². The van der Waals surface area contributed by atoms with Crippen molar-refractivity contribution in [3.63, 3.8) is 0 Å². The lowest BCUT2D eigenvalue weighted by Gasteiger charge is -2.41. The quantitative estimate of drug-likeness (QED) is 0.421. The fraction of sp³-hybridized carbons (Fsp3) is 0.923. The molecule has 0 aromatic heterocycles. The Morgan fingerprint density at radius 1 is 1.45 bits per heavy atom. The molecule has 2 rings (SSSR count). The molecule has 0 saturated carbocycles. The van der Waals surface area contributed by atoms with Gasteiger partial charge in [0.15, 0.2) is 0 Å². The highest BCUT2D eigenvalue weighted by Crippen LogP contribution is 2.42. The topological polar surface area (TPSA) is 78.3 Å². The zero-order chi connectivity index (χ0) is 14.8. The van der Waals surface area contributed by atoms with Crippen molar-refractivity contribution in [3.05, 3.63) is 10.4 Å². The van der Waals surface area contributed by atoms with Crippen molar-refractivity contribution in [1.29, 1.82) is 0 Å². The van der Waals surface area contributed by atoms with E-state index in [2.05, 4.69) is 10.0 Å². The molecule has 2 saturated heterocycles. The number of likely N-dealkylation sites (tertiary alicyclic amines) is 1. The largest absolute Gasteiger partial charge is 0.444 e. The summed E-state index contributed by atoms with van der Waals surface area (Å²) in [6.07, 6.45) is 2.39. The van der Waals surface area contributed by atoms with E-state index in [1.165, 1.54) is 0 Å². The first-order valence-electron chi connectivity index (χ1n) is 6.99. The summed E-state index contributed by atoms with van der Waals surface area (Å²) in [5, 5.41) is 3.83. The molecule has 1 spiro atoms. The first kappa shape index (κ1) is 15.3. The van der Waals surface area contributed by atoms with Crippen LogP contribution in [0, 0.1) is 0 Å². The average molecular weight is 298 g/mol. The highest BCUT2D eigenvalue weighted by atomic mass is 32.2. The molecule has 1 amide bonds. The van der Waals surface area contributed by atoms with Crippen molar-refractivity contribution >= 4 is 17.9 Å². The fourth-order valence-electron chi connectivity index (χ4n) is 2.98. The zero-order valence-corrected chi connectivity index (χ0v) is 13.2. The predicted octanol–water partition coefficient (Wildman–Crippen LogP) is 3.57. The Kier molecular flexibility index (Phi) is 4.39. The molecule has 2 fully saturated rings. The molecule has 20 heavy (non-hydrogen) atoms. The van der Waals surface area contributed by atoms with Crippen molar-refractivity contribution in [2.75, 3.05) is 18.1 Å². The molecule has 2 aliphatic rings. The molecule has 0 aromatic carbocycles. The van der Waals surface area contributed by atoms with Crippen LogP contribution in [0.3, 0.4) is 0 Å². The molecule has 112 valence electrons. The first-order chi connectivity index (χ1) is 9.36. The minimum Gasteiger partial charge on any atom is -0.444 e. The predicted molar refractivity (Wildman–Crippen MR) is 79.8 cm³/mol. The van der Waals surface area contributed by atoms with Gasteiger partial charge >= 0.3 is 6.09 Å². The number of rotatable bonds is 1. The van der Waals surface area contributed by atoms with E-state index in [0.29, 0.717) is 6.54 Å². The Morgan fingerprint density at radius 3 is 2.65 bits per heavy atom. The summed E-state index contributed by atoms with van der Waals surface area (Å²) >= 11 is 1.91. The fourth-order valence-corrected chi connectivity index (χ4v) is 4.23. The van der Waals surface area contributed by atoms with Gasteiger partial charge in [0.05, 0.1) is 6.04 Å². The number of carbonyl (C=O) groups is 1. The summed E-state index contributed by atoms with van der Waals surface area (Å²) in [6.45, 7) is 6.09. The van der Waals surface area contributed by atoms with Gasteiger partial charge in [-0.05, 0) is 57.1 Å². The second kappa shape index (κ2) is 5.74. The van der Waals surface area contributed by atoms with Gasteiger partial charge in [-0.1, -0.05) is 5.11 Å². The van der Waals surface area contributed by atoms with E-state index in [1.807, 2.05) is 37.4 Å². The van der Waals surface area contributed by atoms with Gasteiger partial charge in [0.25, 0.3) is 0 Å². The second-order valence-electron chi connectivity index (χ2n) is 6.49. The van der Waals surface area contributed by atoms with Crippen molar-refractivity contribution in [2.24, 2.45) is 5.11 Å². The van der Waals surface area contributed by atoms with Crippen LogP contribution in [0.4, 0.5) is 4.79 Å². The maximum atomic E-state index is 12.4. The summed E-state index contributed by atoms with van der Waals surface area (Å²) in [6, 6.07) is -0.129. The lowest BCUT2D eigenvalue weighted by molar-refractivity contribution is 0.00613. The van der Waals surface area contributed by atoms with E-state index >= 15 is 0 Å². The molecule has 2 aliphatic heterocycles. The van der Waals surface area contributed by atoms with Gasteiger partial charge < -0.3 is 9.64 Å². The minimum absolute atomic E-state index is 0.129. The van der Waals surface area contributed by atoms with Crippen LogP contribution in [0.1, 0.15) is 40.0 Å². The molecule has 0 radical (unpaired) electrons. The Hall–Kier alpha value is -1.07. The first-order valence-corrected chi connectivity index (χ1v) is 8.14. The summed E-state index contributed by atoms with van der Waals surface area (Å²) in [5.41, 5.74) is 7.97. The molecule has 2 heterocycles. The number of hydrogen-bond acceptors (Lipinski definition) is 4. The van der Waals surface area contributed by atoms with E-state index in [4.69, 9.17) is 10.3 Å². The van der Waals surface area contributed by atoms with Crippen molar-refractivity contribution in [3.8, 4) is 0 Å². The molecule has 1 unspecified atom stereocenters. The molecule has 6 nitrogen and oxygen atoms in total. The van der Waals surface area contributed by atoms with Crippen LogP contribution < -0.4 is 0 Å². The van der Waals surface area contributed by atoms with Crippen LogP contribution in [-0.4, -0.2) is 46.2 Å². The number of hydrogen-bond donors (Lipinski definition) is 0. The standard InChI is InChI=1S/C13H22N4O2S/c1-12(2,3)19-11(18)17-9-10(15-16-14)8-13(17)4-6-20-7-5-13/h10H,4-9H2,1-3H3. The average Bonchev–Trinajstić information content (AvgIpc) is 2.67. The summed E-state index contributed by atoms with van der Waals surface area (Å²) in [4.78, 5) is 17.2. The molecular formula is C13H22N4O2S. The maximum Gasteiger partial charge on any atom is 0.410 e. The van der Waals surface area contributed by atoms with Crippen molar-refractivity contribution < 1.29 is 9.53 Å². The molecule has 7 heteroatoms. The zero-order valence-electron chi connectivity index (χ0n) is 12.3. The third-order valence-electron chi connectivity index (χ3n) is 3.83. The Bertz CT molecular complexity index is 423. The van der Waals surface area contributed by atoms with Crippen LogP contribution in [0.25, 0.3) is 10.4 Å². The van der Waals surface area contributed by atoms with Crippen molar-refractivity contribution in [1.82, 2.24) is 4.90 Å². The Morgan fingerprint density at radius 2 is 2.10 bits per heavy atom. The summed E-state index contributed by atoms with van der Waals surface area (Å²) in [7, 11) is 0. The van der Waals surface area contributed by atoms with Gasteiger partial charge in [0, 0.05) is 17.0 Å². The monoisotopic (exact) mass is 298 g/mol. The van der Waals surface area contributed by atoms with Crippen molar-refractivity contribution in [2.45, 2.75) is 57.2 Å². The minimum atomic E-state index is -0.502. The number of nitrogens with zero attached hydrogens (tertiary/aromatic N) is 4. The van der Waals surface area contributed by atoms with Crippen LogP contribution in [0.2, 0.25) is 0 Å². The lowest BCUT2D eigenvalue weighted by atomic mass is 9.88. The molecule has 1 atom stereocenters. The number of azide groups is 1. The third kappa shape index (κ3) is 3.33. The highest BCUT2D eigenvalue weighted by Gasteiger charge is 2.49. The van der Waals surface area contributed by atoms with E-state index in [9.17, 15) is 4.79 Å². The summed E-state index contributed by atoms with van der Waals surface area (Å²) < 4.78 is 5.52. The van der Waals surface area contributed by atoms with Gasteiger partial charge in [0.2, 0.25) is 0 Å². The van der Waals surface area contributed by atoms with Crippen LogP contribution in [0.5, 0.6) is 0 Å². The lowest BCUT2D eigenvalue weighted by Crippen LogP contribution is -2.51. The van der Waals surface area contributed by atoms with Gasteiger partial charge in [-0.2, -0.15) is 11.8 Å². The SMILES string of the molecule is CC(C)(C)OC(=O)N1CC(N=[N+]=[N-])CC12CCSCC2. The maximum absolute atomic E-state index is 12.4. The van der Waals surface area contributed by atoms with Gasteiger partial charge in [-0.25, -0.2) is 4.79 Å². The second-order valence-corrected chi connectivity index (χ2v) is 7.72. The molecule has 0 bridgehead atoms. The Balaban J connectivity index is 2.18. The molecule has 0 N–H and O–H groups in total. The Labute approximate surface area is 123 Å². The molecule has 0 aromatic rings. The van der Waals surface area contributed by atoms with Crippen LogP contribution in [-0.2, 0) is 4.74 Å². The van der Waals surface area contributed by atoms with Gasteiger partial charge in [-0.3, -0.25) is 0 Å². The number of ether oxygens (including phenoxy) is 1. The number of amides is 1. The van der Waals surface area contributed by atoms with Gasteiger partial charge in [0.1, 0.15) is 5.60 Å². The van der Waals surface area contributed by atoms with Crippen LogP contribution >= 0.6 is 11.8 Å². The number of thioether (sulfide) groups is 1. The molecule has 0 aliphatic carbocycles. The van der Waals surface area contributed by atoms with Crippen LogP contribution in [0.15, 0.2) is 5.11 Å². The van der Waals surface area contributed by atoms with E-state index < -0.39 is 5.60 Å². The smallest absolute Gasteiger partial charge is 0.410 e. The van der Waals surface area contributed by atoms with E-state index in [1.54, 1.807) is 0 Å². The van der Waals surface area contributed by atoms with E-state index in [-0.39, 0.29) is 17.7 Å². The highest BCUT2D eigenvalue weighted by molar-refractivity contribution is 7.99.